The molecule has 3 heterocycles. The van der Waals surface area contributed by atoms with Gasteiger partial charge in [-0.2, -0.15) is 9.29 Å². The van der Waals surface area contributed by atoms with Crippen LogP contribution in [0.3, 0.4) is 0 Å². The number of nitrogens with zero attached hydrogens (tertiary/aromatic N) is 3. The van der Waals surface area contributed by atoms with E-state index in [9.17, 15) is 13.2 Å². The number of hydrogen-bond donors (Lipinski definition) is 1. The van der Waals surface area contributed by atoms with E-state index in [1.807, 2.05) is 32.9 Å². The molecule has 32 heavy (non-hydrogen) atoms. The van der Waals surface area contributed by atoms with E-state index in [4.69, 9.17) is 4.52 Å². The van der Waals surface area contributed by atoms with Crippen molar-refractivity contribution < 1.29 is 17.7 Å². The first kappa shape index (κ1) is 22.6. The summed E-state index contributed by atoms with van der Waals surface area (Å²) in [5.74, 6) is 0.228. The van der Waals surface area contributed by atoms with Gasteiger partial charge in [0.1, 0.15) is 4.21 Å². The molecule has 1 aliphatic rings. The van der Waals surface area contributed by atoms with Gasteiger partial charge in [0.05, 0.1) is 5.92 Å². The number of nitrogens with one attached hydrogen (secondary N) is 1. The van der Waals surface area contributed by atoms with Crippen LogP contribution in [0, 0.1) is 33.6 Å². The van der Waals surface area contributed by atoms with Gasteiger partial charge in [-0.05, 0) is 50.8 Å². The summed E-state index contributed by atoms with van der Waals surface area (Å²) >= 11 is 1.12. The molecular formula is C22H26N4O4S2. The molecule has 3 aromatic rings. The molecule has 1 aliphatic heterocycles. The molecular weight excluding hydrogens is 448 g/mol. The largest absolute Gasteiger partial charge is 0.339 e. The number of anilines is 1. The van der Waals surface area contributed by atoms with Gasteiger partial charge < -0.3 is 9.84 Å². The third-order valence-electron chi connectivity index (χ3n) is 5.64. The molecule has 10 heteroatoms. The van der Waals surface area contributed by atoms with Crippen LogP contribution in [-0.4, -0.2) is 41.9 Å². The molecule has 0 unspecified atom stereocenters. The Morgan fingerprint density at radius 1 is 1.19 bits per heavy atom. The molecule has 0 saturated carbocycles. The monoisotopic (exact) mass is 474 g/mol. The molecule has 0 aliphatic carbocycles. The summed E-state index contributed by atoms with van der Waals surface area (Å²) in [6, 6.07) is 5.62. The van der Waals surface area contributed by atoms with E-state index in [0.29, 0.717) is 36.7 Å². The molecule has 1 aromatic carbocycles. The fraction of sp³-hybridized carbons (Fsp3) is 0.409. The molecule has 1 atom stereocenters. The number of aryl methyl sites for hydroxylation is 4. The maximum atomic E-state index is 13.2. The first-order chi connectivity index (χ1) is 15.1. The van der Waals surface area contributed by atoms with Gasteiger partial charge in [-0.1, -0.05) is 22.9 Å². The molecule has 1 N–H and O–H groups in total. The molecule has 2 aromatic heterocycles. The van der Waals surface area contributed by atoms with Crippen LogP contribution >= 0.6 is 11.3 Å². The second-order valence-electron chi connectivity index (χ2n) is 8.26. The number of rotatable bonds is 5. The van der Waals surface area contributed by atoms with Crippen LogP contribution in [0.5, 0.6) is 0 Å². The Kier molecular flexibility index (Phi) is 6.19. The Labute approximate surface area is 191 Å². The van der Waals surface area contributed by atoms with Crippen LogP contribution in [-0.2, 0) is 14.8 Å². The van der Waals surface area contributed by atoms with E-state index < -0.39 is 15.9 Å². The van der Waals surface area contributed by atoms with Crippen LogP contribution in [0.15, 0.2) is 32.3 Å². The molecule has 1 saturated heterocycles. The van der Waals surface area contributed by atoms with E-state index in [1.165, 1.54) is 4.31 Å². The highest BCUT2D eigenvalue weighted by Gasteiger charge is 2.34. The van der Waals surface area contributed by atoms with Crippen molar-refractivity contribution in [2.24, 2.45) is 5.92 Å². The third-order valence-corrected chi connectivity index (χ3v) is 8.92. The molecule has 1 fully saturated rings. The zero-order valence-electron chi connectivity index (χ0n) is 18.5. The Bertz CT molecular complexity index is 1240. The predicted molar refractivity (Wildman–Crippen MR) is 123 cm³/mol. The number of amides is 1. The smallest absolute Gasteiger partial charge is 0.252 e. The lowest BCUT2D eigenvalue weighted by Gasteiger charge is -2.31. The van der Waals surface area contributed by atoms with Gasteiger partial charge >= 0.3 is 0 Å². The summed E-state index contributed by atoms with van der Waals surface area (Å²) < 4.78 is 33.1. The van der Waals surface area contributed by atoms with E-state index in [1.54, 1.807) is 18.4 Å². The van der Waals surface area contributed by atoms with Crippen LogP contribution in [0.2, 0.25) is 0 Å². The van der Waals surface area contributed by atoms with E-state index >= 15 is 0 Å². The lowest BCUT2D eigenvalue weighted by Crippen LogP contribution is -2.43. The quantitative estimate of drug-likeness (QED) is 0.598. The molecule has 0 spiro atoms. The Morgan fingerprint density at radius 3 is 2.56 bits per heavy atom. The molecule has 0 bridgehead atoms. The summed E-state index contributed by atoms with van der Waals surface area (Å²) in [7, 11) is -3.72. The third kappa shape index (κ3) is 4.48. The Balaban J connectivity index is 1.50. The molecule has 1 amide bonds. The lowest BCUT2D eigenvalue weighted by atomic mass is 9.98. The van der Waals surface area contributed by atoms with Crippen LogP contribution in [0.25, 0.3) is 11.4 Å². The number of hydrogen-bond acceptors (Lipinski definition) is 7. The maximum absolute atomic E-state index is 13.2. The SMILES string of the molecule is Cc1cc(C)c(NC(=O)[C@@H]2CCCN(S(=O)(=O)c3cc(-c4noc(C)n4)cs3)C2)c(C)c1. The van der Waals surface area contributed by atoms with Crippen LogP contribution in [0.1, 0.15) is 35.4 Å². The van der Waals surface area contributed by atoms with Gasteiger partial charge in [-0.25, -0.2) is 8.42 Å². The predicted octanol–water partition coefficient (Wildman–Crippen LogP) is 4.07. The van der Waals surface area contributed by atoms with Crippen molar-refractivity contribution in [1.29, 1.82) is 0 Å². The van der Waals surface area contributed by atoms with Gasteiger partial charge in [0.15, 0.2) is 0 Å². The van der Waals surface area contributed by atoms with Crippen molar-refractivity contribution >= 4 is 33.0 Å². The minimum Gasteiger partial charge on any atom is -0.339 e. The minimum absolute atomic E-state index is 0.144. The highest BCUT2D eigenvalue weighted by atomic mass is 32.2. The second-order valence-corrected chi connectivity index (χ2v) is 11.3. The Hall–Kier alpha value is -2.56. The standard InChI is InChI=1S/C22H26N4O4S2/c1-13-8-14(2)20(15(3)9-13)24-22(27)17-6-5-7-26(11-17)32(28,29)19-10-18(12-31-19)21-23-16(4)30-25-21/h8-10,12,17H,5-7,11H2,1-4H3,(H,24,27)/t17-/m1/s1. The second kappa shape index (κ2) is 8.76. The van der Waals surface area contributed by atoms with Crippen molar-refractivity contribution in [2.75, 3.05) is 18.4 Å². The number of thiophene rings is 1. The van der Waals surface area contributed by atoms with Crippen molar-refractivity contribution in [3.8, 4) is 11.4 Å². The van der Waals surface area contributed by atoms with Crippen LogP contribution in [0.4, 0.5) is 5.69 Å². The molecule has 0 radical (unpaired) electrons. The van der Waals surface area contributed by atoms with Gasteiger partial charge in [-0.3, -0.25) is 4.79 Å². The Morgan fingerprint density at radius 2 is 1.91 bits per heavy atom. The molecule has 8 nitrogen and oxygen atoms in total. The van der Waals surface area contributed by atoms with Gasteiger partial charge in [-0.15, -0.1) is 11.3 Å². The number of carbonyl (C=O) groups excluding carboxylic acids is 1. The lowest BCUT2D eigenvalue weighted by molar-refractivity contribution is -0.120. The zero-order valence-corrected chi connectivity index (χ0v) is 20.1. The topological polar surface area (TPSA) is 105 Å². The first-order valence-electron chi connectivity index (χ1n) is 10.4. The summed E-state index contributed by atoms with van der Waals surface area (Å²) in [5, 5.41) is 8.58. The fourth-order valence-electron chi connectivity index (χ4n) is 4.09. The average Bonchev–Trinajstić information content (AvgIpc) is 3.40. The van der Waals surface area contributed by atoms with Crippen LogP contribution < -0.4 is 5.32 Å². The number of carbonyl (C=O) groups is 1. The van der Waals surface area contributed by atoms with Crippen molar-refractivity contribution in [2.45, 2.75) is 44.7 Å². The average molecular weight is 475 g/mol. The highest BCUT2D eigenvalue weighted by Crippen LogP contribution is 2.32. The normalized spacial score (nSPS) is 17.4. The van der Waals surface area contributed by atoms with Crippen molar-refractivity contribution in [3.05, 3.63) is 46.2 Å². The van der Waals surface area contributed by atoms with E-state index in [0.717, 1.165) is 33.7 Å². The summed E-state index contributed by atoms with van der Waals surface area (Å²) in [6.45, 7) is 8.18. The van der Waals surface area contributed by atoms with E-state index in [2.05, 4.69) is 15.5 Å². The van der Waals surface area contributed by atoms with Gasteiger partial charge in [0.2, 0.25) is 17.6 Å². The summed E-state index contributed by atoms with van der Waals surface area (Å²) in [6.07, 6.45) is 1.28. The highest BCUT2D eigenvalue weighted by molar-refractivity contribution is 7.91. The zero-order chi connectivity index (χ0) is 23.0. The number of sulfonamides is 1. The summed E-state index contributed by atoms with van der Waals surface area (Å²) in [4.78, 5) is 17.2. The first-order valence-corrected chi connectivity index (χ1v) is 12.7. The molecule has 170 valence electrons. The van der Waals surface area contributed by atoms with Gasteiger partial charge in [0.25, 0.3) is 10.0 Å². The van der Waals surface area contributed by atoms with Crippen molar-refractivity contribution in [1.82, 2.24) is 14.4 Å². The maximum Gasteiger partial charge on any atom is 0.252 e. The molecule has 4 rings (SSSR count). The number of piperidine rings is 1. The van der Waals surface area contributed by atoms with Gasteiger partial charge in [0, 0.05) is 36.6 Å². The minimum atomic E-state index is -3.72. The van der Waals surface area contributed by atoms with Crippen molar-refractivity contribution in [3.63, 3.8) is 0 Å². The number of benzene rings is 1. The summed E-state index contributed by atoms with van der Waals surface area (Å²) in [5.41, 5.74) is 4.54. The fourth-order valence-corrected chi connectivity index (χ4v) is 6.92. The number of aromatic nitrogens is 2. The van der Waals surface area contributed by atoms with E-state index in [-0.39, 0.29) is 16.7 Å².